The molecule has 4 heteroatoms. The Morgan fingerprint density at radius 3 is 2.94 bits per heavy atom. The molecule has 2 aliphatic rings. The van der Waals surface area contributed by atoms with Gasteiger partial charge in [0.1, 0.15) is 0 Å². The lowest BCUT2D eigenvalue weighted by Crippen LogP contribution is -2.46. The second-order valence-electron chi connectivity index (χ2n) is 5.34. The van der Waals surface area contributed by atoms with Crippen molar-refractivity contribution in [1.29, 1.82) is 0 Å². The van der Waals surface area contributed by atoms with E-state index in [0.717, 1.165) is 13.0 Å². The lowest BCUT2D eigenvalue weighted by molar-refractivity contribution is 0.129. The monoisotopic (exact) mass is 234 g/mol. The van der Waals surface area contributed by atoms with Crippen molar-refractivity contribution in [1.82, 2.24) is 14.5 Å². The van der Waals surface area contributed by atoms with Crippen LogP contribution in [0.25, 0.3) is 0 Å². The first-order valence-corrected chi connectivity index (χ1v) is 6.82. The van der Waals surface area contributed by atoms with Gasteiger partial charge in [0.2, 0.25) is 0 Å². The molecule has 2 heterocycles. The summed E-state index contributed by atoms with van der Waals surface area (Å²) < 4.78 is 2.36. The highest BCUT2D eigenvalue weighted by Gasteiger charge is 2.34. The molecule has 0 amide bonds. The van der Waals surface area contributed by atoms with Gasteiger partial charge in [-0.1, -0.05) is 6.92 Å². The number of likely N-dealkylation sites (tertiary alicyclic amines) is 1. The first kappa shape index (κ1) is 11.2. The number of nitrogens with zero attached hydrogens (tertiary/aromatic N) is 3. The number of nitrogens with two attached hydrogens (primary N) is 1. The van der Waals surface area contributed by atoms with E-state index in [-0.39, 0.29) is 6.04 Å². The number of piperidine rings is 1. The van der Waals surface area contributed by atoms with E-state index >= 15 is 0 Å². The molecule has 1 aliphatic heterocycles. The highest BCUT2D eigenvalue weighted by atomic mass is 15.2. The third kappa shape index (κ3) is 2.00. The van der Waals surface area contributed by atoms with E-state index < -0.39 is 0 Å². The summed E-state index contributed by atoms with van der Waals surface area (Å²) in [7, 11) is 0. The van der Waals surface area contributed by atoms with Crippen LogP contribution in [0.1, 0.15) is 50.4 Å². The quantitative estimate of drug-likeness (QED) is 0.866. The van der Waals surface area contributed by atoms with Gasteiger partial charge < -0.3 is 10.3 Å². The van der Waals surface area contributed by atoms with Crippen LogP contribution >= 0.6 is 0 Å². The maximum atomic E-state index is 6.34. The molecule has 1 aromatic heterocycles. The van der Waals surface area contributed by atoms with Gasteiger partial charge in [0.25, 0.3) is 0 Å². The Morgan fingerprint density at radius 2 is 2.24 bits per heavy atom. The Labute approximate surface area is 103 Å². The van der Waals surface area contributed by atoms with Gasteiger partial charge in [-0.25, -0.2) is 4.98 Å². The van der Waals surface area contributed by atoms with Crippen LogP contribution in [-0.4, -0.2) is 33.6 Å². The third-order valence-corrected chi connectivity index (χ3v) is 4.13. The molecule has 3 rings (SSSR count). The van der Waals surface area contributed by atoms with Gasteiger partial charge in [0.15, 0.2) is 0 Å². The fraction of sp³-hybridized carbons (Fsp3) is 0.769. The number of likely N-dealkylation sites (N-methyl/N-ethyl adjacent to an activating group) is 1. The normalized spacial score (nSPS) is 30.7. The zero-order valence-corrected chi connectivity index (χ0v) is 10.5. The molecular formula is C13H22N4. The Bertz CT molecular complexity index is 383. The minimum Gasteiger partial charge on any atom is -0.330 e. The molecule has 0 radical (unpaired) electrons. The van der Waals surface area contributed by atoms with Gasteiger partial charge in [-0.2, -0.15) is 0 Å². The van der Waals surface area contributed by atoms with Crippen LogP contribution in [0.2, 0.25) is 0 Å². The predicted molar refractivity (Wildman–Crippen MR) is 67.7 cm³/mol. The van der Waals surface area contributed by atoms with E-state index in [1.165, 1.54) is 31.5 Å². The van der Waals surface area contributed by atoms with E-state index in [9.17, 15) is 0 Å². The zero-order chi connectivity index (χ0) is 11.8. The maximum absolute atomic E-state index is 6.34. The lowest BCUT2D eigenvalue weighted by atomic mass is 9.94. The van der Waals surface area contributed by atoms with Gasteiger partial charge in [-0.15, -0.1) is 0 Å². The van der Waals surface area contributed by atoms with E-state index in [1.54, 1.807) is 0 Å². The molecule has 94 valence electrons. The summed E-state index contributed by atoms with van der Waals surface area (Å²) in [6.45, 7) is 4.47. The summed E-state index contributed by atoms with van der Waals surface area (Å²) in [5.41, 5.74) is 7.68. The average Bonchev–Trinajstić information content (AvgIpc) is 3.08. The topological polar surface area (TPSA) is 47.1 Å². The summed E-state index contributed by atoms with van der Waals surface area (Å²) in [5, 5.41) is 0. The Morgan fingerprint density at radius 1 is 1.41 bits per heavy atom. The standard InChI is InChI=1S/C13H22N4/c1-2-16-7-3-4-11(14)13(16)12-8-15-9-17(12)10-5-6-10/h8-11,13H,2-7,14H2,1H3. The van der Waals surface area contributed by atoms with Crippen molar-refractivity contribution in [2.75, 3.05) is 13.1 Å². The lowest BCUT2D eigenvalue weighted by Gasteiger charge is -2.39. The fourth-order valence-corrected chi connectivity index (χ4v) is 3.06. The maximum Gasteiger partial charge on any atom is 0.0951 e. The van der Waals surface area contributed by atoms with Crippen molar-refractivity contribution in [2.24, 2.45) is 5.73 Å². The number of rotatable bonds is 3. The van der Waals surface area contributed by atoms with Crippen LogP contribution in [0.4, 0.5) is 0 Å². The largest absolute Gasteiger partial charge is 0.330 e. The molecule has 1 saturated carbocycles. The fourth-order valence-electron chi connectivity index (χ4n) is 3.06. The van der Waals surface area contributed by atoms with Crippen molar-refractivity contribution in [2.45, 2.75) is 50.7 Å². The van der Waals surface area contributed by atoms with Crippen LogP contribution in [0.3, 0.4) is 0 Å². The Kier molecular flexibility index (Phi) is 2.92. The predicted octanol–water partition coefficient (Wildman–Crippen LogP) is 1.70. The SMILES string of the molecule is CCN1CCCC(N)C1c1cncn1C1CC1. The molecule has 1 saturated heterocycles. The summed E-state index contributed by atoms with van der Waals surface area (Å²) in [5.74, 6) is 0. The molecule has 17 heavy (non-hydrogen) atoms. The van der Waals surface area contributed by atoms with Crippen LogP contribution in [0.5, 0.6) is 0 Å². The molecule has 0 aromatic carbocycles. The second-order valence-corrected chi connectivity index (χ2v) is 5.34. The van der Waals surface area contributed by atoms with Crippen molar-refractivity contribution in [3.63, 3.8) is 0 Å². The summed E-state index contributed by atoms with van der Waals surface area (Å²) in [4.78, 5) is 6.85. The average molecular weight is 234 g/mol. The molecular weight excluding hydrogens is 212 g/mol. The van der Waals surface area contributed by atoms with Crippen LogP contribution in [0.15, 0.2) is 12.5 Å². The number of aromatic nitrogens is 2. The summed E-state index contributed by atoms with van der Waals surface area (Å²) in [6.07, 6.45) is 8.98. The summed E-state index contributed by atoms with van der Waals surface area (Å²) >= 11 is 0. The van der Waals surface area contributed by atoms with E-state index in [2.05, 4.69) is 21.4 Å². The third-order valence-electron chi connectivity index (χ3n) is 4.13. The summed E-state index contributed by atoms with van der Waals surface area (Å²) in [6, 6.07) is 1.33. The highest BCUT2D eigenvalue weighted by Crippen LogP contribution is 2.39. The first-order chi connectivity index (χ1) is 8.31. The van der Waals surface area contributed by atoms with Crippen LogP contribution in [-0.2, 0) is 0 Å². The minimum absolute atomic E-state index is 0.262. The van der Waals surface area contributed by atoms with Gasteiger partial charge in [0.05, 0.1) is 18.1 Å². The number of hydrogen-bond acceptors (Lipinski definition) is 3. The Balaban J connectivity index is 1.90. The van der Waals surface area contributed by atoms with Crippen LogP contribution in [0, 0.1) is 0 Å². The minimum atomic E-state index is 0.262. The molecule has 0 spiro atoms. The molecule has 1 aliphatic carbocycles. The van der Waals surface area contributed by atoms with E-state index in [1.807, 2.05) is 12.5 Å². The van der Waals surface area contributed by atoms with Crippen molar-refractivity contribution < 1.29 is 0 Å². The molecule has 4 nitrogen and oxygen atoms in total. The number of hydrogen-bond donors (Lipinski definition) is 1. The van der Waals surface area contributed by atoms with Crippen molar-refractivity contribution in [3.05, 3.63) is 18.2 Å². The van der Waals surface area contributed by atoms with Crippen molar-refractivity contribution in [3.8, 4) is 0 Å². The molecule has 2 atom stereocenters. The smallest absolute Gasteiger partial charge is 0.0951 e. The zero-order valence-electron chi connectivity index (χ0n) is 10.5. The van der Waals surface area contributed by atoms with Gasteiger partial charge in [-0.05, 0) is 38.8 Å². The van der Waals surface area contributed by atoms with Gasteiger partial charge >= 0.3 is 0 Å². The second kappa shape index (κ2) is 4.42. The molecule has 2 unspecified atom stereocenters. The van der Waals surface area contributed by atoms with E-state index in [0.29, 0.717) is 12.1 Å². The van der Waals surface area contributed by atoms with E-state index in [4.69, 9.17) is 5.73 Å². The molecule has 1 aromatic rings. The molecule has 0 bridgehead atoms. The van der Waals surface area contributed by atoms with Gasteiger partial charge in [-0.3, -0.25) is 4.90 Å². The molecule has 2 fully saturated rings. The highest BCUT2D eigenvalue weighted by molar-refractivity contribution is 5.13. The van der Waals surface area contributed by atoms with Gasteiger partial charge in [0, 0.05) is 18.3 Å². The number of imidazole rings is 1. The molecule has 2 N–H and O–H groups in total. The first-order valence-electron chi connectivity index (χ1n) is 6.82. The Hall–Kier alpha value is -0.870. The van der Waals surface area contributed by atoms with Crippen molar-refractivity contribution >= 4 is 0 Å². The van der Waals surface area contributed by atoms with Crippen LogP contribution < -0.4 is 5.73 Å².